The van der Waals surface area contributed by atoms with Gasteiger partial charge in [0.15, 0.2) is 0 Å². The van der Waals surface area contributed by atoms with E-state index in [1.807, 2.05) is 60.7 Å². The lowest BCUT2D eigenvalue weighted by atomic mass is 9.96. The number of piperidine rings is 2. The molecule has 1 aromatic heterocycles. The van der Waals surface area contributed by atoms with Gasteiger partial charge in [-0.3, -0.25) is 19.8 Å². The zero-order valence-corrected chi connectivity index (χ0v) is 24.6. The summed E-state index contributed by atoms with van der Waals surface area (Å²) in [5, 5.41) is 6.80. The first-order chi connectivity index (χ1) is 20.4. The van der Waals surface area contributed by atoms with Gasteiger partial charge in [-0.2, -0.15) is 0 Å². The molecule has 5 rings (SSSR count). The number of hydrogen-bond acceptors (Lipinski definition) is 7. The lowest BCUT2D eigenvalue weighted by molar-refractivity contribution is -0.123. The number of anilines is 2. The molecule has 0 bridgehead atoms. The van der Waals surface area contributed by atoms with Gasteiger partial charge >= 0.3 is 6.09 Å². The van der Waals surface area contributed by atoms with Crippen molar-refractivity contribution in [3.8, 4) is 11.1 Å². The number of ether oxygens (including phenoxy) is 1. The SMILES string of the molecule is NC(=O)C1CCN(Cc2ccc(NC(=O)CCN3CCC(OC(=O)Nc4ccccc4-c4ccccc4)CC3)s2)CC1. The van der Waals surface area contributed by atoms with Crippen molar-refractivity contribution in [3.05, 3.63) is 71.6 Å². The molecule has 2 aliphatic rings. The number of hydrogen-bond donors (Lipinski definition) is 3. The van der Waals surface area contributed by atoms with Crippen molar-refractivity contribution in [2.75, 3.05) is 43.4 Å². The van der Waals surface area contributed by atoms with Crippen LogP contribution in [0.15, 0.2) is 66.7 Å². The number of carbonyl (C=O) groups is 3. The van der Waals surface area contributed by atoms with Crippen LogP contribution in [-0.2, 0) is 20.9 Å². The van der Waals surface area contributed by atoms with Crippen LogP contribution in [0.3, 0.4) is 0 Å². The Hall–Kier alpha value is -3.73. The van der Waals surface area contributed by atoms with Gasteiger partial charge in [0.25, 0.3) is 0 Å². The Morgan fingerprint density at radius 1 is 0.833 bits per heavy atom. The molecule has 0 aliphatic carbocycles. The fraction of sp³-hybridized carbons (Fsp3) is 0.406. The van der Waals surface area contributed by atoms with E-state index in [1.165, 1.54) is 4.88 Å². The first-order valence-electron chi connectivity index (χ1n) is 14.7. The van der Waals surface area contributed by atoms with Crippen molar-refractivity contribution in [2.24, 2.45) is 11.7 Å². The summed E-state index contributed by atoms with van der Waals surface area (Å²) in [6.45, 7) is 4.77. The van der Waals surface area contributed by atoms with Crippen LogP contribution in [-0.4, -0.2) is 66.5 Å². The average Bonchev–Trinajstić information content (AvgIpc) is 3.44. The maximum atomic E-state index is 12.7. The average molecular weight is 590 g/mol. The molecule has 3 amide bonds. The Morgan fingerprint density at radius 3 is 2.26 bits per heavy atom. The van der Waals surface area contributed by atoms with E-state index in [9.17, 15) is 14.4 Å². The van der Waals surface area contributed by atoms with Crippen LogP contribution in [0.4, 0.5) is 15.5 Å². The highest BCUT2D eigenvalue weighted by Crippen LogP contribution is 2.28. The molecule has 2 aromatic carbocycles. The van der Waals surface area contributed by atoms with E-state index in [0.29, 0.717) is 13.0 Å². The number of nitrogens with zero attached hydrogens (tertiary/aromatic N) is 2. The normalized spacial score (nSPS) is 17.0. The molecule has 0 radical (unpaired) electrons. The van der Waals surface area contributed by atoms with Gasteiger partial charge in [-0.25, -0.2) is 4.79 Å². The maximum absolute atomic E-state index is 12.7. The Bertz CT molecular complexity index is 1350. The number of nitrogens with two attached hydrogens (primary N) is 1. The third kappa shape index (κ3) is 8.40. The Morgan fingerprint density at radius 2 is 1.52 bits per heavy atom. The second kappa shape index (κ2) is 14.4. The van der Waals surface area contributed by atoms with Crippen LogP contribution in [0.5, 0.6) is 0 Å². The van der Waals surface area contributed by atoms with Crippen molar-refractivity contribution in [1.29, 1.82) is 0 Å². The number of nitrogens with one attached hydrogen (secondary N) is 2. The minimum absolute atomic E-state index is 0.000468. The van der Waals surface area contributed by atoms with Gasteiger partial charge in [-0.05, 0) is 62.5 Å². The van der Waals surface area contributed by atoms with E-state index >= 15 is 0 Å². The fourth-order valence-electron chi connectivity index (χ4n) is 5.59. The minimum Gasteiger partial charge on any atom is -0.446 e. The first kappa shape index (κ1) is 29.8. The highest BCUT2D eigenvalue weighted by molar-refractivity contribution is 7.16. The van der Waals surface area contributed by atoms with Gasteiger partial charge in [0.05, 0.1) is 10.7 Å². The summed E-state index contributed by atoms with van der Waals surface area (Å²) in [5.41, 5.74) is 8.14. The Labute approximate surface area is 251 Å². The maximum Gasteiger partial charge on any atom is 0.411 e. The molecule has 0 unspecified atom stereocenters. The van der Waals surface area contributed by atoms with Gasteiger partial charge in [0.1, 0.15) is 6.10 Å². The van der Waals surface area contributed by atoms with Crippen molar-refractivity contribution >= 4 is 39.9 Å². The standard InChI is InChI=1S/C32H39N5O4S/c33-31(39)24-12-17-37(18-13-24)22-26-10-11-30(42-26)35-29(38)16-21-36-19-14-25(15-20-36)41-32(40)34-28-9-5-4-8-27(28)23-6-2-1-3-7-23/h1-11,24-25H,12-22H2,(H2,33,39)(H,34,40)(H,35,38). The van der Waals surface area contributed by atoms with Crippen LogP contribution in [0.2, 0.25) is 0 Å². The predicted molar refractivity (Wildman–Crippen MR) is 166 cm³/mol. The molecule has 0 atom stereocenters. The van der Waals surface area contributed by atoms with Crippen molar-refractivity contribution < 1.29 is 19.1 Å². The third-order valence-electron chi connectivity index (χ3n) is 8.01. The third-order valence-corrected chi connectivity index (χ3v) is 8.99. The lowest BCUT2D eigenvalue weighted by Crippen LogP contribution is -2.39. The summed E-state index contributed by atoms with van der Waals surface area (Å²) in [7, 11) is 0. The van der Waals surface area contributed by atoms with Gasteiger partial charge in [-0.1, -0.05) is 48.5 Å². The molecule has 0 saturated carbocycles. The van der Waals surface area contributed by atoms with Gasteiger partial charge in [0.2, 0.25) is 11.8 Å². The number of likely N-dealkylation sites (tertiary alicyclic amines) is 2. The van der Waals surface area contributed by atoms with E-state index in [1.54, 1.807) is 11.3 Å². The second-order valence-electron chi connectivity index (χ2n) is 11.0. The van der Waals surface area contributed by atoms with Gasteiger partial charge in [0, 0.05) is 49.0 Å². The summed E-state index contributed by atoms with van der Waals surface area (Å²) in [4.78, 5) is 42.4. The number of amides is 3. The first-order valence-corrected chi connectivity index (χ1v) is 15.5. The molecule has 42 heavy (non-hydrogen) atoms. The number of thiophene rings is 1. The number of primary amides is 1. The summed E-state index contributed by atoms with van der Waals surface area (Å²) in [5.74, 6) is -0.205. The summed E-state index contributed by atoms with van der Waals surface area (Å²) >= 11 is 1.60. The van der Waals surface area contributed by atoms with E-state index in [-0.39, 0.29) is 23.8 Å². The van der Waals surface area contributed by atoms with Crippen LogP contribution < -0.4 is 16.4 Å². The molecule has 2 aliphatic heterocycles. The molecule has 10 heteroatoms. The number of carbonyl (C=O) groups excluding carboxylic acids is 3. The number of rotatable bonds is 10. The van der Waals surface area contributed by atoms with Gasteiger partial charge < -0.3 is 20.7 Å². The number of para-hydroxylation sites is 1. The molecule has 3 aromatic rings. The Balaban J connectivity index is 0.991. The molecule has 2 saturated heterocycles. The van der Waals surface area contributed by atoms with E-state index < -0.39 is 6.09 Å². The topological polar surface area (TPSA) is 117 Å². The monoisotopic (exact) mass is 589 g/mol. The Kier molecular flexibility index (Phi) is 10.2. The van der Waals surface area contributed by atoms with E-state index in [2.05, 4.69) is 26.5 Å². The van der Waals surface area contributed by atoms with Crippen molar-refractivity contribution in [2.45, 2.75) is 44.8 Å². The summed E-state index contributed by atoms with van der Waals surface area (Å²) < 4.78 is 5.73. The smallest absolute Gasteiger partial charge is 0.411 e. The largest absolute Gasteiger partial charge is 0.446 e. The van der Waals surface area contributed by atoms with Crippen molar-refractivity contribution in [1.82, 2.24) is 9.80 Å². The number of benzene rings is 2. The molecular formula is C32H39N5O4S. The predicted octanol–water partition coefficient (Wildman–Crippen LogP) is 5.15. The second-order valence-corrected chi connectivity index (χ2v) is 12.2. The quantitative estimate of drug-likeness (QED) is 0.301. The molecule has 0 spiro atoms. The molecule has 9 nitrogen and oxygen atoms in total. The molecule has 4 N–H and O–H groups in total. The molecule has 222 valence electrons. The lowest BCUT2D eigenvalue weighted by Gasteiger charge is -2.31. The van der Waals surface area contributed by atoms with Crippen LogP contribution in [0.1, 0.15) is 37.0 Å². The van der Waals surface area contributed by atoms with E-state index in [4.69, 9.17) is 10.5 Å². The minimum atomic E-state index is -0.443. The highest BCUT2D eigenvalue weighted by atomic mass is 32.1. The zero-order chi connectivity index (χ0) is 29.3. The summed E-state index contributed by atoms with van der Waals surface area (Å²) in [6.07, 6.45) is 2.91. The van der Waals surface area contributed by atoms with Crippen molar-refractivity contribution in [3.63, 3.8) is 0 Å². The fourth-order valence-corrected chi connectivity index (χ4v) is 6.56. The van der Waals surface area contributed by atoms with E-state index in [0.717, 1.165) is 80.2 Å². The van der Waals surface area contributed by atoms with Crippen LogP contribution in [0.25, 0.3) is 11.1 Å². The summed E-state index contributed by atoms with van der Waals surface area (Å²) in [6, 6.07) is 21.7. The molecule has 3 heterocycles. The zero-order valence-electron chi connectivity index (χ0n) is 23.8. The highest BCUT2D eigenvalue weighted by Gasteiger charge is 2.24. The molecule has 2 fully saturated rings. The molecular weight excluding hydrogens is 550 g/mol. The van der Waals surface area contributed by atoms with Crippen LogP contribution in [0, 0.1) is 5.92 Å². The van der Waals surface area contributed by atoms with Crippen LogP contribution >= 0.6 is 11.3 Å². The van der Waals surface area contributed by atoms with Gasteiger partial charge in [-0.15, -0.1) is 11.3 Å².